The minimum atomic E-state index is -2.84. The maximum Gasteiger partial charge on any atom is 0.217 e. The second-order valence-electron chi connectivity index (χ2n) is 37.0. The van der Waals surface area contributed by atoms with Crippen molar-refractivity contribution in [3.63, 3.8) is 0 Å². The summed E-state index contributed by atoms with van der Waals surface area (Å²) >= 11 is 0. The molecule has 11 heterocycles. The van der Waals surface area contributed by atoms with Crippen molar-refractivity contribution in [2.75, 3.05) is 72.7 Å². The van der Waals surface area contributed by atoms with Crippen LogP contribution >= 0.6 is 0 Å². The predicted octanol–water partition coefficient (Wildman–Crippen LogP) is -25.6. The Morgan fingerprint density at radius 1 is 0.265 bits per heavy atom. The standard InChI is InChI=1S/C82H137N5O60/c1-19-41(104)52(115)57(120)76(128-19)126-17-26(103)63(42(105)25(7-88)83-20(2)98)139-72-37(84-21(3)99)48(111)67(34(15-96)133-72)144-80-62(125)69(47(110)36(138-80)18-127-81-70(56(119)46(109)30(11-92)132-81)146-74-39(86-23(5)101)50(113)65(32(13-94)135-74)142-78-59(122)54(117)44(107)28(9-90)130-78)145-82-71(147-75-40(87-24(6)102)51(114)66(33(14-95)136-75)143-79-60(123)55(118)45(108)29(10-91)131-79)61(124)68(35(16-97)137-82)140-73-38(85-22(4)100)49(112)64(31(12-93)134-73)141-77-58(121)53(116)43(106)27(8-89)129-77/h7,19,25-82,89-97,103-125H,8-18H2,1-6H3,(H,83,98)(H,84,99)(H,85,100)(H,86,101)(H,87,102)/t19-,25+,26-,27-,28-,29-,30-,31-,32-,33-,34-,35-,36-,37-,38-,39-,40-,41+,42-,43+,44+,45+,46-,47-,48-,49-,50-,51-,52+,53+,54+,55+,56+,57-,58-,59-,60-,61+,62+,63-,64-,65-,66-,67-,68-,69+,70+,71+,72+,73+,74+,75+,76+,77+,78+,79+,80+,81+,82-/m1/s1. The molecular weight excluding hydrogens is 2010 g/mol. The first-order chi connectivity index (χ1) is 69.5. The molecule has 0 radical (unpaired) electrons. The number of hydrogen-bond donors (Lipinski definition) is 37. The lowest BCUT2D eigenvalue weighted by molar-refractivity contribution is -0.406. The number of carbonyl (C=O) groups excluding carboxylic acids is 6. The lowest BCUT2D eigenvalue weighted by atomic mass is 9.93. The summed E-state index contributed by atoms with van der Waals surface area (Å²) in [5, 5.41) is 374. The molecule has 0 aromatic carbocycles. The molecule has 0 aromatic rings. The molecule has 37 N–H and O–H groups in total. The third kappa shape index (κ3) is 27.7. The molecule has 59 atom stereocenters. The van der Waals surface area contributed by atoms with Gasteiger partial charge in [-0.25, -0.2) is 0 Å². The van der Waals surface area contributed by atoms with Crippen LogP contribution in [0, 0.1) is 0 Å². The summed E-state index contributed by atoms with van der Waals surface area (Å²) < 4.78 is 132. The van der Waals surface area contributed by atoms with Crippen LogP contribution in [0.5, 0.6) is 0 Å². The van der Waals surface area contributed by atoms with E-state index in [0.717, 1.165) is 34.6 Å². The third-order valence-corrected chi connectivity index (χ3v) is 26.6. The monoisotopic (exact) mass is 2150 g/mol. The third-order valence-electron chi connectivity index (χ3n) is 26.6. The van der Waals surface area contributed by atoms with E-state index in [-0.39, 0.29) is 6.29 Å². The molecule has 0 unspecified atom stereocenters. The quantitative estimate of drug-likeness (QED) is 0.0252. The largest absolute Gasteiger partial charge is 0.394 e. The Bertz CT molecular complexity index is 4090. The van der Waals surface area contributed by atoms with Gasteiger partial charge in [-0.15, -0.1) is 0 Å². The molecule has 0 aromatic heterocycles. The Morgan fingerprint density at radius 3 is 0.898 bits per heavy atom. The van der Waals surface area contributed by atoms with Crippen LogP contribution in [0.1, 0.15) is 41.5 Å². The second kappa shape index (κ2) is 54.0. The summed E-state index contributed by atoms with van der Waals surface area (Å²) in [7, 11) is 0. The fourth-order valence-electron chi connectivity index (χ4n) is 18.7. The van der Waals surface area contributed by atoms with Gasteiger partial charge in [0, 0.05) is 34.6 Å². The van der Waals surface area contributed by atoms with Crippen molar-refractivity contribution in [3.05, 3.63) is 0 Å². The van der Waals surface area contributed by atoms with Crippen molar-refractivity contribution in [3.8, 4) is 0 Å². The molecule has 0 saturated carbocycles. The predicted molar refractivity (Wildman–Crippen MR) is 453 cm³/mol. The zero-order chi connectivity index (χ0) is 109. The van der Waals surface area contributed by atoms with Gasteiger partial charge in [0.2, 0.25) is 29.5 Å². The lowest BCUT2D eigenvalue weighted by Crippen LogP contribution is -2.71. The number of aliphatic hydroxyl groups excluding tert-OH is 32. The number of aliphatic hydroxyl groups is 32. The van der Waals surface area contributed by atoms with Crippen molar-refractivity contribution in [2.45, 2.75) is 403 Å². The molecule has 11 saturated heterocycles. The average Bonchev–Trinajstić information content (AvgIpc) is 0.759. The van der Waals surface area contributed by atoms with E-state index < -0.39 is 464 Å². The van der Waals surface area contributed by atoms with Crippen LogP contribution in [0.4, 0.5) is 0 Å². The molecule has 11 aliphatic heterocycles. The fourth-order valence-corrected chi connectivity index (χ4v) is 18.7. The van der Waals surface area contributed by atoms with Crippen molar-refractivity contribution in [1.29, 1.82) is 0 Å². The van der Waals surface area contributed by atoms with Crippen LogP contribution in [0.2, 0.25) is 0 Å². The highest BCUT2D eigenvalue weighted by atomic mass is 16.8. The average molecular weight is 2150 g/mol. The minimum Gasteiger partial charge on any atom is -0.394 e. The lowest BCUT2D eigenvalue weighted by Gasteiger charge is -2.52. The van der Waals surface area contributed by atoms with E-state index in [4.69, 9.17) is 104 Å². The van der Waals surface area contributed by atoms with Crippen molar-refractivity contribution in [1.82, 2.24) is 26.6 Å². The molecule has 65 nitrogen and oxygen atoms in total. The van der Waals surface area contributed by atoms with Gasteiger partial charge in [-0.3, -0.25) is 24.0 Å². The number of nitrogens with one attached hydrogen (secondary N) is 5. The highest BCUT2D eigenvalue weighted by molar-refractivity contribution is 5.77. The van der Waals surface area contributed by atoms with Gasteiger partial charge in [-0.05, 0) is 6.92 Å². The molecule has 11 rings (SSSR count). The number of ether oxygens (including phenoxy) is 22. The molecule has 11 fully saturated rings. The maximum atomic E-state index is 13.5. The van der Waals surface area contributed by atoms with E-state index in [1.165, 1.54) is 6.92 Å². The molecule has 65 heteroatoms. The van der Waals surface area contributed by atoms with Crippen molar-refractivity contribution in [2.24, 2.45) is 0 Å². The topological polar surface area (TPSA) is 1010 Å². The zero-order valence-electron chi connectivity index (χ0n) is 79.2. The summed E-state index contributed by atoms with van der Waals surface area (Å²) in [6, 6.07) is -10.5. The molecule has 5 amide bonds. The first-order valence-electron chi connectivity index (χ1n) is 46.8. The Hall–Kier alpha value is -5.14. The summed E-state index contributed by atoms with van der Waals surface area (Å²) in [4.78, 5) is 78.4. The van der Waals surface area contributed by atoms with E-state index in [1.54, 1.807) is 0 Å². The van der Waals surface area contributed by atoms with Gasteiger partial charge in [-0.2, -0.15) is 0 Å². The van der Waals surface area contributed by atoms with E-state index in [1.807, 2.05) is 0 Å². The molecule has 0 spiro atoms. The number of hydrogen-bond acceptors (Lipinski definition) is 60. The molecule has 147 heavy (non-hydrogen) atoms. The second-order valence-corrected chi connectivity index (χ2v) is 37.0. The Kier molecular flexibility index (Phi) is 44.8. The van der Waals surface area contributed by atoms with Crippen molar-refractivity contribution >= 4 is 35.8 Å². The summed E-state index contributed by atoms with van der Waals surface area (Å²) in [6.07, 6.45) is -119. The van der Waals surface area contributed by atoms with Crippen LogP contribution < -0.4 is 26.6 Å². The van der Waals surface area contributed by atoms with Gasteiger partial charge in [-0.1, -0.05) is 0 Å². The maximum absolute atomic E-state index is 13.5. The summed E-state index contributed by atoms with van der Waals surface area (Å²) in [5.74, 6) is -5.24. The number of rotatable bonds is 42. The van der Waals surface area contributed by atoms with Gasteiger partial charge >= 0.3 is 0 Å². The molecule has 11 aliphatic rings. The first-order valence-corrected chi connectivity index (χ1v) is 46.8. The van der Waals surface area contributed by atoms with Crippen LogP contribution in [0.15, 0.2) is 0 Å². The van der Waals surface area contributed by atoms with Gasteiger partial charge < -0.3 is 299 Å². The van der Waals surface area contributed by atoms with Crippen LogP contribution in [-0.4, -0.2) is 634 Å². The highest BCUT2D eigenvalue weighted by Crippen LogP contribution is 2.43. The Morgan fingerprint density at radius 2 is 0.544 bits per heavy atom. The van der Waals surface area contributed by atoms with Gasteiger partial charge in [0.15, 0.2) is 69.2 Å². The van der Waals surface area contributed by atoms with E-state index in [0.29, 0.717) is 0 Å². The van der Waals surface area contributed by atoms with Crippen LogP contribution in [0.25, 0.3) is 0 Å². The minimum absolute atomic E-state index is 0.0375. The van der Waals surface area contributed by atoms with E-state index in [9.17, 15) is 192 Å². The fraction of sp³-hybridized carbons (Fsp3) is 0.927. The number of amides is 5. The summed E-state index contributed by atoms with van der Waals surface area (Å²) in [6.45, 7) is -7.84. The highest BCUT2D eigenvalue weighted by Gasteiger charge is 2.64. The van der Waals surface area contributed by atoms with E-state index in [2.05, 4.69) is 26.6 Å². The zero-order valence-corrected chi connectivity index (χ0v) is 79.2. The van der Waals surface area contributed by atoms with Gasteiger partial charge in [0.1, 0.15) is 293 Å². The first kappa shape index (κ1) is 122. The van der Waals surface area contributed by atoms with Crippen LogP contribution in [0.3, 0.4) is 0 Å². The Labute approximate surface area is 832 Å². The van der Waals surface area contributed by atoms with Gasteiger partial charge in [0.25, 0.3) is 0 Å². The smallest absolute Gasteiger partial charge is 0.217 e. The SMILES string of the molecule is CC(=O)N[C@H]1[C@H](O[C@@H]([C@H](O)[C@H](C=O)NC(C)=O)[C@H](O)CO[C@H]2O[C@H](C)[C@H](O)[C@H](O)[C@H]2O)O[C@H](CO)[C@@H](O[C@@H]2O[C@H](CO[C@H]3O[C@H](CO)[C@@H](O)[C@H](O)[C@@H]3O[C@@H]3O[C@H](CO)[C@@H](O[C@@H]4O[C@H](CO)[C@H](O)[C@H](O)[C@H]4O)[C@H](O)[C@H]3NC(C)=O)[C@@H](O)[C@H](O[C@H]3O[C@H](CO)[C@@H](O[C@@H]4O[C@H](CO)[C@@H](O[C@@H]5O[C@H](CO)[C@H](O)[C@H](O)[C@H]5O)[C@H](O)[C@H]4NC(C)=O)[C@H](O)[C@@H]3O[C@@H]3O[C@H](CO)[C@@H](O[C@@H]4O[C@H](CO)[C@H](O)[C@H](O)[C@H]4O)[C@H](O)[C@H]3NC(C)=O)[C@@H]2O)[C@@H]1O. The molecule has 0 bridgehead atoms. The normalized spacial score (nSPS) is 47.3. The molecular formula is C82H137N5O60. The van der Waals surface area contributed by atoms with Gasteiger partial charge in [0.05, 0.1) is 78.8 Å². The van der Waals surface area contributed by atoms with E-state index >= 15 is 0 Å². The van der Waals surface area contributed by atoms with Crippen molar-refractivity contribution < 1.29 is 296 Å². The number of aldehydes is 1. The molecule has 0 aliphatic carbocycles. The Balaban J connectivity index is 0.995. The molecule has 850 valence electrons. The number of carbonyl (C=O) groups is 6. The summed E-state index contributed by atoms with van der Waals surface area (Å²) in [5.41, 5.74) is 0. The van der Waals surface area contributed by atoms with Crippen LogP contribution in [-0.2, 0) is 133 Å².